The molecule has 0 aromatic rings. The van der Waals surface area contributed by atoms with E-state index >= 15 is 0 Å². The van der Waals surface area contributed by atoms with E-state index in [4.69, 9.17) is 12.2 Å². The molecule has 0 aromatic carbocycles. The van der Waals surface area contributed by atoms with Crippen LogP contribution in [0.2, 0.25) is 0 Å². The highest BCUT2D eigenvalue weighted by Crippen LogP contribution is 2.14. The second kappa shape index (κ2) is 23.1. The Kier molecular flexibility index (Phi) is 23.2. The second-order valence-electron chi connectivity index (χ2n) is 7.67. The first-order valence-electron chi connectivity index (χ1n) is 11.4. The summed E-state index contributed by atoms with van der Waals surface area (Å²) in [6.45, 7) is 2.30. The molecule has 0 aliphatic heterocycles. The van der Waals surface area contributed by atoms with Gasteiger partial charge in [0.05, 0.1) is 0 Å². The summed E-state index contributed by atoms with van der Waals surface area (Å²) in [5, 5.41) is 1.88. The first-order chi connectivity index (χ1) is 11.9. The van der Waals surface area contributed by atoms with Crippen LogP contribution < -0.4 is 0 Å². The molecule has 0 heterocycles. The van der Waals surface area contributed by atoms with Crippen molar-refractivity contribution in [2.24, 2.45) is 0 Å². The SMILES string of the molecule is CCCCCCCCCCCCCCCCCCCCCCC=S. The van der Waals surface area contributed by atoms with Gasteiger partial charge >= 0.3 is 0 Å². The Balaban J connectivity index is 2.94. The number of hydrogen-bond acceptors (Lipinski definition) is 1. The van der Waals surface area contributed by atoms with E-state index in [1.807, 2.05) is 5.37 Å². The first kappa shape index (κ1) is 24.1. The summed E-state index contributed by atoms with van der Waals surface area (Å²) in [4.78, 5) is 0. The van der Waals surface area contributed by atoms with Gasteiger partial charge < -0.3 is 0 Å². The lowest BCUT2D eigenvalue weighted by molar-refractivity contribution is 0.522. The summed E-state index contributed by atoms with van der Waals surface area (Å²) in [7, 11) is 0. The van der Waals surface area contributed by atoms with Crippen molar-refractivity contribution in [3.8, 4) is 0 Å². The molecule has 0 nitrogen and oxygen atoms in total. The van der Waals surface area contributed by atoms with E-state index in [2.05, 4.69) is 6.92 Å². The summed E-state index contributed by atoms with van der Waals surface area (Å²) in [5.74, 6) is 0. The fourth-order valence-corrected chi connectivity index (χ4v) is 3.65. The van der Waals surface area contributed by atoms with Crippen molar-refractivity contribution in [3.05, 3.63) is 0 Å². The molecule has 0 amide bonds. The Bertz CT molecular complexity index is 224. The lowest BCUT2D eigenvalue weighted by Gasteiger charge is -2.04. The van der Waals surface area contributed by atoms with E-state index in [0.717, 1.165) is 6.42 Å². The van der Waals surface area contributed by atoms with Crippen LogP contribution in [0.25, 0.3) is 0 Å². The van der Waals surface area contributed by atoms with Gasteiger partial charge in [0.1, 0.15) is 0 Å². The van der Waals surface area contributed by atoms with Crippen LogP contribution in [0.4, 0.5) is 0 Å². The maximum Gasteiger partial charge on any atom is -0.0210 e. The average molecular weight is 355 g/mol. The van der Waals surface area contributed by atoms with Gasteiger partial charge in [-0.05, 0) is 18.2 Å². The van der Waals surface area contributed by atoms with Crippen molar-refractivity contribution in [1.29, 1.82) is 0 Å². The van der Waals surface area contributed by atoms with Crippen molar-refractivity contribution in [2.75, 3.05) is 0 Å². The molecule has 0 aliphatic rings. The minimum absolute atomic E-state index is 1.13. The zero-order valence-corrected chi connectivity index (χ0v) is 17.7. The van der Waals surface area contributed by atoms with Gasteiger partial charge in [0.25, 0.3) is 0 Å². The minimum Gasteiger partial charge on any atom is -0.0935 e. The zero-order valence-electron chi connectivity index (χ0n) is 16.8. The van der Waals surface area contributed by atoms with Crippen molar-refractivity contribution in [3.63, 3.8) is 0 Å². The number of hydrogen-bond donors (Lipinski definition) is 0. The summed E-state index contributed by atoms with van der Waals surface area (Å²) in [5.41, 5.74) is 0. The predicted molar refractivity (Wildman–Crippen MR) is 116 cm³/mol. The van der Waals surface area contributed by atoms with E-state index in [9.17, 15) is 0 Å². The first-order valence-corrected chi connectivity index (χ1v) is 11.8. The summed E-state index contributed by atoms with van der Waals surface area (Å²) < 4.78 is 0. The largest absolute Gasteiger partial charge is 0.0935 e. The molecule has 24 heavy (non-hydrogen) atoms. The molecule has 0 radical (unpaired) electrons. The van der Waals surface area contributed by atoms with E-state index in [0.29, 0.717) is 0 Å². The second-order valence-corrected chi connectivity index (χ2v) is 8.01. The molecule has 0 aromatic heterocycles. The van der Waals surface area contributed by atoms with Crippen LogP contribution in [-0.2, 0) is 0 Å². The standard InChI is InChI=1S/C23H46S/c1-2-3-4-5-6-7-8-9-10-11-12-13-14-15-16-17-18-19-20-21-22-23-24/h23H,2-22H2,1H3. The molecular weight excluding hydrogens is 308 g/mol. The van der Waals surface area contributed by atoms with Crippen molar-refractivity contribution < 1.29 is 0 Å². The minimum atomic E-state index is 1.13. The predicted octanol–water partition coefficient (Wildman–Crippen LogP) is 9.20. The number of rotatable bonds is 21. The molecule has 0 bridgehead atoms. The highest BCUT2D eigenvalue weighted by molar-refractivity contribution is 7.78. The van der Waals surface area contributed by atoms with Gasteiger partial charge in [-0.2, -0.15) is 0 Å². The van der Waals surface area contributed by atoms with Gasteiger partial charge in [0, 0.05) is 0 Å². The molecule has 0 saturated heterocycles. The van der Waals surface area contributed by atoms with E-state index in [-0.39, 0.29) is 0 Å². The van der Waals surface area contributed by atoms with Gasteiger partial charge in [0.15, 0.2) is 0 Å². The molecule has 0 spiro atoms. The fourth-order valence-electron chi connectivity index (χ4n) is 3.48. The molecule has 0 saturated carbocycles. The number of thiocarbonyl (C=S) groups is 1. The third kappa shape index (κ3) is 22.1. The van der Waals surface area contributed by atoms with Gasteiger partial charge in [-0.15, -0.1) is 0 Å². The highest BCUT2D eigenvalue weighted by atomic mass is 32.1. The van der Waals surface area contributed by atoms with Crippen LogP contribution in [0.3, 0.4) is 0 Å². The molecular formula is C23H46S. The fraction of sp³-hybridized carbons (Fsp3) is 0.957. The normalized spacial score (nSPS) is 11.0. The zero-order chi connectivity index (χ0) is 17.6. The Hall–Kier alpha value is 0.0900. The summed E-state index contributed by atoms with van der Waals surface area (Å²) >= 11 is 4.85. The van der Waals surface area contributed by atoms with E-state index in [1.165, 1.54) is 128 Å². The molecule has 0 fully saturated rings. The van der Waals surface area contributed by atoms with Gasteiger partial charge in [-0.3, -0.25) is 0 Å². The van der Waals surface area contributed by atoms with Gasteiger partial charge in [0.2, 0.25) is 0 Å². The Labute approximate surface area is 159 Å². The highest BCUT2D eigenvalue weighted by Gasteiger charge is 1.95. The van der Waals surface area contributed by atoms with Crippen LogP contribution in [0.5, 0.6) is 0 Å². The Morgan fingerprint density at radius 1 is 0.417 bits per heavy atom. The number of unbranched alkanes of at least 4 members (excludes halogenated alkanes) is 20. The topological polar surface area (TPSA) is 0 Å². The van der Waals surface area contributed by atoms with Gasteiger partial charge in [-0.1, -0.05) is 141 Å². The van der Waals surface area contributed by atoms with Crippen molar-refractivity contribution in [2.45, 2.75) is 142 Å². The third-order valence-corrected chi connectivity index (χ3v) is 5.41. The van der Waals surface area contributed by atoms with E-state index < -0.39 is 0 Å². The maximum atomic E-state index is 4.85. The van der Waals surface area contributed by atoms with Crippen molar-refractivity contribution in [1.82, 2.24) is 0 Å². The maximum absolute atomic E-state index is 4.85. The Morgan fingerprint density at radius 2 is 0.667 bits per heavy atom. The van der Waals surface area contributed by atoms with Crippen LogP contribution in [0.1, 0.15) is 142 Å². The monoisotopic (exact) mass is 354 g/mol. The Morgan fingerprint density at radius 3 is 0.917 bits per heavy atom. The van der Waals surface area contributed by atoms with E-state index in [1.54, 1.807) is 0 Å². The third-order valence-electron chi connectivity index (χ3n) is 5.18. The van der Waals surface area contributed by atoms with Gasteiger partial charge in [-0.25, -0.2) is 0 Å². The average Bonchev–Trinajstić information content (AvgIpc) is 2.60. The molecule has 0 N–H and O–H groups in total. The molecule has 0 aliphatic carbocycles. The molecule has 1 heteroatoms. The van der Waals surface area contributed by atoms with Crippen LogP contribution in [-0.4, -0.2) is 5.37 Å². The lowest BCUT2D eigenvalue weighted by Crippen LogP contribution is -1.84. The van der Waals surface area contributed by atoms with Crippen molar-refractivity contribution >= 4 is 17.6 Å². The molecule has 0 unspecified atom stereocenters. The lowest BCUT2D eigenvalue weighted by atomic mass is 10.0. The molecule has 0 rings (SSSR count). The van der Waals surface area contributed by atoms with Crippen LogP contribution in [0.15, 0.2) is 0 Å². The summed E-state index contributed by atoms with van der Waals surface area (Å²) in [6, 6.07) is 0. The quantitative estimate of drug-likeness (QED) is 0.146. The molecule has 0 atom stereocenters. The van der Waals surface area contributed by atoms with Crippen LogP contribution >= 0.6 is 12.2 Å². The van der Waals surface area contributed by atoms with Crippen LogP contribution in [0, 0.1) is 0 Å². The smallest absolute Gasteiger partial charge is 0.0210 e. The molecule has 144 valence electrons. The summed E-state index contributed by atoms with van der Waals surface area (Å²) in [6.07, 6.45) is 30.1.